The average molecular weight is 763 g/mol. The fraction of sp³-hybridized carbons (Fsp3) is 0.488. The number of nitrogens with one attached hydrogen (secondary N) is 2. The Labute approximate surface area is 329 Å². The third-order valence-electron chi connectivity index (χ3n) is 12.8. The summed E-state index contributed by atoms with van der Waals surface area (Å²) in [5.41, 5.74) is 5.97. The van der Waals surface area contributed by atoms with E-state index in [1.165, 1.54) is 17.8 Å². The lowest BCUT2D eigenvalue weighted by atomic mass is 9.77. The van der Waals surface area contributed by atoms with E-state index in [1.54, 1.807) is 0 Å². The van der Waals surface area contributed by atoms with E-state index in [4.69, 9.17) is 11.6 Å². The number of piperidine rings is 3. The fourth-order valence-electron chi connectivity index (χ4n) is 9.27. The molecule has 3 aromatic rings. The van der Waals surface area contributed by atoms with Gasteiger partial charge in [-0.05, 0) is 117 Å². The lowest BCUT2D eigenvalue weighted by Crippen LogP contribution is -2.49. The predicted octanol–water partition coefficient (Wildman–Crippen LogP) is 5.60. The largest absolute Gasteiger partial charge is 0.374 e. The number of amides is 3. The summed E-state index contributed by atoms with van der Waals surface area (Å²) in [5.74, 6) is 0.286. The van der Waals surface area contributed by atoms with Crippen LogP contribution in [0.3, 0.4) is 0 Å². The molecule has 0 radical (unpaired) electrons. The SMILES string of the molecule is N#Cc1ccc(N2CCC3(CCN(c4ccc(C(=O)N5CCC(CN6CCN(c7ccc(NC8CCC(=O)NC8=O)cc7)CC6)CC5)cc4)CC3)C2)cc1Cl. The molecule has 5 saturated heterocycles. The first-order valence-corrected chi connectivity index (χ1v) is 20.4. The number of rotatable bonds is 8. The third-order valence-corrected chi connectivity index (χ3v) is 13.1. The predicted molar refractivity (Wildman–Crippen MR) is 217 cm³/mol. The standard InChI is InChI=1S/C43H51ClN8O3/c44-38-27-37(8-3-33(38)28-45)52-22-17-43(30-52)15-20-49(21-16-43)35-6-1-32(2-7-35)42(55)51-18-13-31(14-19-51)29-48-23-25-50(26-24-48)36-9-4-34(5-10-36)46-39-11-12-40(53)47-41(39)54/h1-10,27,31,39,46H,11-26,29-30H2,(H,47,53,54). The Kier molecular flexibility index (Phi) is 10.9. The zero-order valence-corrected chi connectivity index (χ0v) is 32.3. The van der Waals surface area contributed by atoms with E-state index >= 15 is 0 Å². The molecule has 3 amide bonds. The highest BCUT2D eigenvalue weighted by Gasteiger charge is 2.41. The van der Waals surface area contributed by atoms with Gasteiger partial charge in [-0.25, -0.2) is 0 Å². The Hall–Kier alpha value is -4.79. The van der Waals surface area contributed by atoms with Gasteiger partial charge in [-0.3, -0.25) is 24.6 Å². The van der Waals surface area contributed by atoms with E-state index in [9.17, 15) is 19.6 Å². The number of imide groups is 1. The quantitative estimate of drug-likeness (QED) is 0.283. The van der Waals surface area contributed by atoms with Gasteiger partial charge in [-0.1, -0.05) is 11.6 Å². The van der Waals surface area contributed by atoms with Gasteiger partial charge >= 0.3 is 0 Å². The summed E-state index contributed by atoms with van der Waals surface area (Å²) in [4.78, 5) is 49.0. The first kappa shape index (κ1) is 37.1. The molecule has 1 spiro atoms. The summed E-state index contributed by atoms with van der Waals surface area (Å²) in [6, 6.07) is 24.1. The third kappa shape index (κ3) is 8.41. The number of anilines is 4. The molecule has 2 N–H and O–H groups in total. The van der Waals surface area contributed by atoms with E-state index in [1.807, 2.05) is 47.4 Å². The maximum absolute atomic E-state index is 13.5. The van der Waals surface area contributed by atoms with Crippen LogP contribution >= 0.6 is 11.6 Å². The normalized spacial score (nSPS) is 22.1. The van der Waals surface area contributed by atoms with Crippen molar-refractivity contribution in [3.63, 3.8) is 0 Å². The van der Waals surface area contributed by atoms with Crippen molar-refractivity contribution >= 4 is 52.1 Å². The van der Waals surface area contributed by atoms with Gasteiger partial charge in [0.05, 0.1) is 10.6 Å². The van der Waals surface area contributed by atoms with Crippen LogP contribution in [0.1, 0.15) is 60.9 Å². The molecule has 5 fully saturated rings. The molecule has 11 nitrogen and oxygen atoms in total. The van der Waals surface area contributed by atoms with Crippen LogP contribution in [0.25, 0.3) is 0 Å². The summed E-state index contributed by atoms with van der Waals surface area (Å²) in [6.45, 7) is 10.7. The van der Waals surface area contributed by atoms with Gasteiger partial charge in [-0.2, -0.15) is 5.26 Å². The molecule has 0 aromatic heterocycles. The minimum absolute atomic E-state index is 0.142. The molecule has 5 aliphatic heterocycles. The Bertz CT molecular complexity index is 1910. The number of carbonyl (C=O) groups is 3. The summed E-state index contributed by atoms with van der Waals surface area (Å²) >= 11 is 6.33. The molecule has 1 unspecified atom stereocenters. The van der Waals surface area contributed by atoms with Gasteiger partial charge in [0.1, 0.15) is 12.1 Å². The van der Waals surface area contributed by atoms with Crippen molar-refractivity contribution < 1.29 is 14.4 Å². The lowest BCUT2D eigenvalue weighted by Gasteiger charge is -2.40. The van der Waals surface area contributed by atoms with Crippen molar-refractivity contribution in [2.75, 3.05) is 92.0 Å². The van der Waals surface area contributed by atoms with Crippen molar-refractivity contribution in [3.8, 4) is 6.07 Å². The van der Waals surface area contributed by atoms with Crippen LogP contribution in [-0.4, -0.2) is 106 Å². The molecule has 0 saturated carbocycles. The van der Waals surface area contributed by atoms with Crippen molar-refractivity contribution in [3.05, 3.63) is 82.9 Å². The fourth-order valence-corrected chi connectivity index (χ4v) is 9.48. The van der Waals surface area contributed by atoms with E-state index in [0.717, 1.165) is 115 Å². The molecule has 55 heavy (non-hydrogen) atoms. The van der Waals surface area contributed by atoms with Crippen molar-refractivity contribution in [1.82, 2.24) is 15.1 Å². The van der Waals surface area contributed by atoms with Gasteiger partial charge < -0.3 is 24.9 Å². The van der Waals surface area contributed by atoms with Gasteiger partial charge in [0.15, 0.2) is 0 Å². The zero-order chi connectivity index (χ0) is 37.9. The highest BCUT2D eigenvalue weighted by Crippen LogP contribution is 2.43. The molecule has 0 bridgehead atoms. The first-order chi connectivity index (χ1) is 26.7. The van der Waals surface area contributed by atoms with Gasteiger partial charge in [0.25, 0.3) is 5.91 Å². The number of nitriles is 1. The van der Waals surface area contributed by atoms with Crippen LogP contribution in [0, 0.1) is 22.7 Å². The highest BCUT2D eigenvalue weighted by atomic mass is 35.5. The number of piperazine rings is 1. The Morgan fingerprint density at radius 2 is 1.40 bits per heavy atom. The van der Waals surface area contributed by atoms with Crippen molar-refractivity contribution in [2.24, 2.45) is 11.3 Å². The van der Waals surface area contributed by atoms with Crippen LogP contribution in [0.4, 0.5) is 22.7 Å². The summed E-state index contributed by atoms with van der Waals surface area (Å²) in [7, 11) is 0. The first-order valence-electron chi connectivity index (χ1n) is 20.0. The molecule has 1 atom stereocenters. The highest BCUT2D eigenvalue weighted by molar-refractivity contribution is 6.32. The molecule has 5 heterocycles. The molecular weight excluding hydrogens is 712 g/mol. The van der Waals surface area contributed by atoms with Crippen LogP contribution in [0.2, 0.25) is 5.02 Å². The minimum atomic E-state index is -0.377. The Morgan fingerprint density at radius 3 is 2.04 bits per heavy atom. The molecule has 3 aromatic carbocycles. The van der Waals surface area contributed by atoms with Crippen LogP contribution in [0.15, 0.2) is 66.7 Å². The second-order valence-electron chi connectivity index (χ2n) is 16.2. The monoisotopic (exact) mass is 762 g/mol. The van der Waals surface area contributed by atoms with E-state index in [-0.39, 0.29) is 23.8 Å². The van der Waals surface area contributed by atoms with Gasteiger partial charge in [0, 0.05) is 107 Å². The molecule has 8 rings (SSSR count). The molecule has 12 heteroatoms. The number of hydrogen-bond donors (Lipinski definition) is 2. The molecule has 288 valence electrons. The zero-order valence-electron chi connectivity index (χ0n) is 31.5. The van der Waals surface area contributed by atoms with Gasteiger partial charge in [0.2, 0.25) is 11.8 Å². The summed E-state index contributed by atoms with van der Waals surface area (Å²) in [6.07, 6.45) is 6.40. The second-order valence-corrected chi connectivity index (χ2v) is 16.6. The van der Waals surface area contributed by atoms with Crippen molar-refractivity contribution in [2.45, 2.75) is 51.0 Å². The summed E-state index contributed by atoms with van der Waals surface area (Å²) in [5, 5.41) is 15.4. The number of hydrogen-bond acceptors (Lipinski definition) is 9. The average Bonchev–Trinajstić information content (AvgIpc) is 3.63. The van der Waals surface area contributed by atoms with Crippen molar-refractivity contribution in [1.29, 1.82) is 5.26 Å². The molecule has 0 aliphatic carbocycles. The minimum Gasteiger partial charge on any atom is -0.374 e. The maximum atomic E-state index is 13.5. The molecule has 5 aliphatic rings. The van der Waals surface area contributed by atoms with Crippen LogP contribution < -0.4 is 25.3 Å². The van der Waals surface area contributed by atoms with E-state index in [2.05, 4.69) is 60.6 Å². The number of benzene rings is 3. The second kappa shape index (κ2) is 16.1. The number of nitrogens with zero attached hydrogens (tertiary/aromatic N) is 6. The van der Waals surface area contributed by atoms with E-state index in [0.29, 0.717) is 34.8 Å². The maximum Gasteiger partial charge on any atom is 0.253 e. The summed E-state index contributed by atoms with van der Waals surface area (Å²) < 4.78 is 0. The number of likely N-dealkylation sites (tertiary alicyclic amines) is 1. The van der Waals surface area contributed by atoms with E-state index < -0.39 is 0 Å². The Morgan fingerprint density at radius 1 is 0.782 bits per heavy atom. The lowest BCUT2D eigenvalue weighted by molar-refractivity contribution is -0.133. The number of carbonyl (C=O) groups excluding carboxylic acids is 3. The van der Waals surface area contributed by atoms with Gasteiger partial charge in [-0.15, -0.1) is 0 Å². The molecular formula is C43H51ClN8O3. The Balaban J connectivity index is 0.746. The topological polar surface area (TPSA) is 115 Å². The smallest absolute Gasteiger partial charge is 0.253 e. The van der Waals surface area contributed by atoms with Crippen LogP contribution in [0.5, 0.6) is 0 Å². The van der Waals surface area contributed by atoms with Crippen LogP contribution in [-0.2, 0) is 9.59 Å². The number of halogens is 1.